The molecule has 0 radical (unpaired) electrons. The molecule has 1 aliphatic heterocycles. The standard InChI is InChI=1S/C21H17N5O3S/c1-13-2-4-14(5-3-13)16-7-9-19-23-24-21(26(19)25-16)30-11-20(27)22-15-6-8-17-18(10-15)29-12-28-17/h2-10H,11-12H2,1H3,(H,22,27). The first-order chi connectivity index (χ1) is 14.7. The first kappa shape index (κ1) is 18.4. The summed E-state index contributed by atoms with van der Waals surface area (Å²) < 4.78 is 12.3. The van der Waals surface area contributed by atoms with Gasteiger partial charge < -0.3 is 14.8 Å². The number of benzene rings is 2. The largest absolute Gasteiger partial charge is 0.454 e. The molecule has 0 fully saturated rings. The van der Waals surface area contributed by atoms with Crippen molar-refractivity contribution in [1.82, 2.24) is 19.8 Å². The van der Waals surface area contributed by atoms with Crippen LogP contribution in [0.25, 0.3) is 16.9 Å². The van der Waals surface area contributed by atoms with Crippen LogP contribution >= 0.6 is 11.8 Å². The fourth-order valence-corrected chi connectivity index (χ4v) is 3.73. The van der Waals surface area contributed by atoms with Crippen LogP contribution < -0.4 is 14.8 Å². The zero-order valence-electron chi connectivity index (χ0n) is 16.0. The van der Waals surface area contributed by atoms with Gasteiger partial charge >= 0.3 is 0 Å². The van der Waals surface area contributed by atoms with Gasteiger partial charge in [0.05, 0.1) is 11.4 Å². The summed E-state index contributed by atoms with van der Waals surface area (Å²) in [7, 11) is 0. The number of carbonyl (C=O) groups excluding carboxylic acids is 1. The molecule has 5 rings (SSSR count). The Bertz CT molecular complexity index is 1240. The van der Waals surface area contributed by atoms with Crippen LogP contribution in [0.1, 0.15) is 5.56 Å². The van der Waals surface area contributed by atoms with E-state index in [0.29, 0.717) is 28.0 Å². The van der Waals surface area contributed by atoms with Gasteiger partial charge in [0.15, 0.2) is 17.1 Å². The van der Waals surface area contributed by atoms with Crippen molar-refractivity contribution in [3.63, 3.8) is 0 Å². The molecule has 0 saturated carbocycles. The number of nitrogens with zero attached hydrogens (tertiary/aromatic N) is 4. The molecule has 2 aromatic carbocycles. The number of carbonyl (C=O) groups is 1. The molecule has 3 heterocycles. The van der Waals surface area contributed by atoms with Crippen LogP contribution in [-0.2, 0) is 4.79 Å². The maximum Gasteiger partial charge on any atom is 0.234 e. The van der Waals surface area contributed by atoms with Crippen LogP contribution in [0.2, 0.25) is 0 Å². The summed E-state index contributed by atoms with van der Waals surface area (Å²) in [5.41, 5.74) is 4.29. The lowest BCUT2D eigenvalue weighted by Gasteiger charge is -2.06. The maximum atomic E-state index is 12.4. The average molecular weight is 419 g/mol. The van der Waals surface area contributed by atoms with Gasteiger partial charge in [0.25, 0.3) is 0 Å². The van der Waals surface area contributed by atoms with E-state index in [-0.39, 0.29) is 18.5 Å². The Balaban J connectivity index is 1.29. The number of ether oxygens (including phenoxy) is 2. The third-order valence-corrected chi connectivity index (χ3v) is 5.49. The van der Waals surface area contributed by atoms with Gasteiger partial charge in [-0.2, -0.15) is 9.61 Å². The Morgan fingerprint density at radius 3 is 2.77 bits per heavy atom. The van der Waals surface area contributed by atoms with Gasteiger partial charge in [0.1, 0.15) is 0 Å². The lowest BCUT2D eigenvalue weighted by molar-refractivity contribution is -0.113. The number of hydrogen-bond acceptors (Lipinski definition) is 7. The topological polar surface area (TPSA) is 90.6 Å². The van der Waals surface area contributed by atoms with Crippen molar-refractivity contribution in [2.75, 3.05) is 17.9 Å². The van der Waals surface area contributed by atoms with Crippen LogP contribution in [0.5, 0.6) is 11.5 Å². The molecule has 0 atom stereocenters. The quantitative estimate of drug-likeness (QED) is 0.495. The van der Waals surface area contributed by atoms with Crippen LogP contribution in [0, 0.1) is 6.92 Å². The van der Waals surface area contributed by atoms with Crippen molar-refractivity contribution in [2.24, 2.45) is 0 Å². The Kier molecular flexibility index (Phi) is 4.72. The van der Waals surface area contributed by atoms with Crippen molar-refractivity contribution in [1.29, 1.82) is 0 Å². The molecule has 0 bridgehead atoms. The van der Waals surface area contributed by atoms with E-state index in [1.807, 2.05) is 43.3 Å². The third kappa shape index (κ3) is 3.67. The highest BCUT2D eigenvalue weighted by Crippen LogP contribution is 2.34. The molecule has 1 amide bonds. The second-order valence-corrected chi connectivity index (χ2v) is 7.68. The van der Waals surface area contributed by atoms with E-state index >= 15 is 0 Å². The van der Waals surface area contributed by atoms with Gasteiger partial charge in [-0.1, -0.05) is 41.6 Å². The van der Waals surface area contributed by atoms with E-state index in [1.54, 1.807) is 22.7 Å². The van der Waals surface area contributed by atoms with Crippen molar-refractivity contribution in [3.8, 4) is 22.8 Å². The first-order valence-corrected chi connectivity index (χ1v) is 10.3. The second-order valence-electron chi connectivity index (χ2n) is 6.74. The minimum absolute atomic E-state index is 0.162. The minimum atomic E-state index is -0.162. The van der Waals surface area contributed by atoms with Crippen LogP contribution in [-0.4, -0.2) is 38.3 Å². The maximum absolute atomic E-state index is 12.4. The van der Waals surface area contributed by atoms with Crippen molar-refractivity contribution >= 4 is 29.0 Å². The second kappa shape index (κ2) is 7.68. The number of fused-ring (bicyclic) bond motifs is 2. The van der Waals surface area contributed by atoms with Gasteiger partial charge in [-0.05, 0) is 31.2 Å². The molecule has 150 valence electrons. The number of nitrogens with one attached hydrogen (secondary N) is 1. The summed E-state index contributed by atoms with van der Waals surface area (Å²) in [4.78, 5) is 12.4. The summed E-state index contributed by atoms with van der Waals surface area (Å²) in [6, 6.07) is 17.2. The molecule has 0 spiro atoms. The molecule has 9 heteroatoms. The highest BCUT2D eigenvalue weighted by Gasteiger charge is 2.15. The number of amides is 1. The smallest absolute Gasteiger partial charge is 0.234 e. The number of thioether (sulfide) groups is 1. The lowest BCUT2D eigenvalue weighted by Crippen LogP contribution is -2.14. The monoisotopic (exact) mass is 419 g/mol. The van der Waals surface area contributed by atoms with Gasteiger partial charge in [-0.15, -0.1) is 10.2 Å². The summed E-state index contributed by atoms with van der Waals surface area (Å²) in [6.07, 6.45) is 0. The van der Waals surface area contributed by atoms with Crippen molar-refractivity contribution < 1.29 is 14.3 Å². The fraction of sp³-hybridized carbons (Fsp3) is 0.143. The number of aromatic nitrogens is 4. The van der Waals surface area contributed by atoms with Crippen LogP contribution in [0.4, 0.5) is 5.69 Å². The molecule has 4 aromatic rings. The Morgan fingerprint density at radius 2 is 1.90 bits per heavy atom. The Labute approximate surface area is 176 Å². The molecule has 8 nitrogen and oxygen atoms in total. The number of aryl methyl sites for hydroxylation is 1. The van der Waals surface area contributed by atoms with Gasteiger partial charge in [-0.25, -0.2) is 0 Å². The van der Waals surface area contributed by atoms with Crippen molar-refractivity contribution in [2.45, 2.75) is 12.1 Å². The van der Waals surface area contributed by atoms with E-state index < -0.39 is 0 Å². The predicted octanol–water partition coefficient (Wildman–Crippen LogP) is 3.56. The predicted molar refractivity (Wildman–Crippen MR) is 113 cm³/mol. The summed E-state index contributed by atoms with van der Waals surface area (Å²) in [5.74, 6) is 1.31. The van der Waals surface area contributed by atoms with Gasteiger partial charge in [0, 0.05) is 17.3 Å². The molecule has 2 aromatic heterocycles. The number of hydrogen-bond donors (Lipinski definition) is 1. The molecule has 1 N–H and O–H groups in total. The van der Waals surface area contributed by atoms with Crippen LogP contribution in [0.3, 0.4) is 0 Å². The minimum Gasteiger partial charge on any atom is -0.454 e. The molecule has 0 aliphatic carbocycles. The molecule has 30 heavy (non-hydrogen) atoms. The Hall–Kier alpha value is -3.59. The Morgan fingerprint density at radius 1 is 1.07 bits per heavy atom. The molecular weight excluding hydrogens is 402 g/mol. The van der Waals surface area contributed by atoms with E-state index in [4.69, 9.17) is 9.47 Å². The number of anilines is 1. The highest BCUT2D eigenvalue weighted by atomic mass is 32.2. The third-order valence-electron chi connectivity index (χ3n) is 4.57. The zero-order chi connectivity index (χ0) is 20.5. The van der Waals surface area contributed by atoms with E-state index in [2.05, 4.69) is 20.6 Å². The van der Waals surface area contributed by atoms with Gasteiger partial charge in [0.2, 0.25) is 17.9 Å². The molecular formula is C21H17N5O3S. The fourth-order valence-electron chi connectivity index (χ4n) is 3.04. The van der Waals surface area contributed by atoms with E-state index in [9.17, 15) is 4.79 Å². The summed E-state index contributed by atoms with van der Waals surface area (Å²) in [5, 5.41) is 16.4. The summed E-state index contributed by atoms with van der Waals surface area (Å²) in [6.45, 7) is 2.24. The lowest BCUT2D eigenvalue weighted by atomic mass is 10.1. The van der Waals surface area contributed by atoms with E-state index in [1.165, 1.54) is 17.3 Å². The van der Waals surface area contributed by atoms with Crippen LogP contribution in [0.15, 0.2) is 59.8 Å². The van der Waals surface area contributed by atoms with Gasteiger partial charge in [-0.3, -0.25) is 4.79 Å². The average Bonchev–Trinajstić information content (AvgIpc) is 3.38. The zero-order valence-corrected chi connectivity index (χ0v) is 16.8. The highest BCUT2D eigenvalue weighted by molar-refractivity contribution is 7.99. The molecule has 0 unspecified atom stereocenters. The molecule has 0 saturated heterocycles. The van der Waals surface area contributed by atoms with E-state index in [0.717, 1.165) is 11.3 Å². The SMILES string of the molecule is Cc1ccc(-c2ccc3nnc(SCC(=O)Nc4ccc5c(c4)OCO5)n3n2)cc1. The normalized spacial score (nSPS) is 12.3. The first-order valence-electron chi connectivity index (χ1n) is 9.27. The number of rotatable bonds is 5. The van der Waals surface area contributed by atoms with Crippen molar-refractivity contribution in [3.05, 3.63) is 60.2 Å². The summed E-state index contributed by atoms with van der Waals surface area (Å²) >= 11 is 1.27. The molecule has 1 aliphatic rings.